The normalized spacial score (nSPS) is 11.0. The summed E-state index contributed by atoms with van der Waals surface area (Å²) in [7, 11) is 7.07. The van der Waals surface area contributed by atoms with Gasteiger partial charge >= 0.3 is 0 Å². The lowest BCUT2D eigenvalue weighted by atomic mass is 10.2. The molecule has 11 nitrogen and oxygen atoms in total. The van der Waals surface area contributed by atoms with Crippen molar-refractivity contribution < 1.29 is 23.7 Å². The summed E-state index contributed by atoms with van der Waals surface area (Å²) in [5.74, 6) is 2.36. The molecule has 5 rings (SSSR count). The van der Waals surface area contributed by atoms with Gasteiger partial charge in [0.25, 0.3) is 5.91 Å². The first-order valence-electron chi connectivity index (χ1n) is 13.4. The molecule has 3 heterocycles. The number of methoxy groups -OCH3 is 2. The van der Waals surface area contributed by atoms with Crippen molar-refractivity contribution in [3.63, 3.8) is 0 Å². The molecule has 0 aliphatic heterocycles. The van der Waals surface area contributed by atoms with E-state index in [9.17, 15) is 4.79 Å². The summed E-state index contributed by atoms with van der Waals surface area (Å²) in [6.07, 6.45) is 4.84. The van der Waals surface area contributed by atoms with Crippen molar-refractivity contribution in [3.8, 4) is 34.4 Å². The van der Waals surface area contributed by atoms with Gasteiger partial charge in [-0.1, -0.05) is 11.6 Å². The largest absolute Gasteiger partial charge is 0.493 e. The molecule has 1 amide bonds. The summed E-state index contributed by atoms with van der Waals surface area (Å²) in [6, 6.07) is 14.3. The molecular weight excluding hydrogens is 572 g/mol. The van der Waals surface area contributed by atoms with Crippen LogP contribution < -0.4 is 24.3 Å². The van der Waals surface area contributed by atoms with Crippen LogP contribution in [0.3, 0.4) is 0 Å². The van der Waals surface area contributed by atoms with Crippen molar-refractivity contribution in [1.82, 2.24) is 24.6 Å². The van der Waals surface area contributed by atoms with Gasteiger partial charge in [-0.2, -0.15) is 5.10 Å². The lowest BCUT2D eigenvalue weighted by Crippen LogP contribution is -2.15. The van der Waals surface area contributed by atoms with Crippen molar-refractivity contribution >= 4 is 34.2 Å². The minimum Gasteiger partial charge on any atom is -0.493 e. The molecule has 0 atom stereocenters. The average Bonchev–Trinajstić information content (AvgIpc) is 3.42. The number of hydrogen-bond acceptors (Lipinski definition) is 9. The molecule has 0 spiro atoms. The number of pyridine rings is 2. The Morgan fingerprint density at radius 2 is 1.77 bits per heavy atom. The quantitative estimate of drug-likeness (QED) is 0.195. The first-order valence-corrected chi connectivity index (χ1v) is 13.8. The molecule has 2 aromatic carbocycles. The summed E-state index contributed by atoms with van der Waals surface area (Å²) >= 11 is 6.39. The van der Waals surface area contributed by atoms with Gasteiger partial charge in [-0.3, -0.25) is 9.78 Å². The molecule has 0 saturated heterocycles. The van der Waals surface area contributed by atoms with Gasteiger partial charge in [-0.25, -0.2) is 9.67 Å². The maximum atomic E-state index is 13.3. The van der Waals surface area contributed by atoms with E-state index in [0.717, 1.165) is 16.6 Å². The maximum Gasteiger partial charge on any atom is 0.281 e. The Kier molecular flexibility index (Phi) is 8.93. The third-order valence-corrected chi connectivity index (χ3v) is 6.76. The van der Waals surface area contributed by atoms with Crippen LogP contribution in [0.5, 0.6) is 28.7 Å². The maximum absolute atomic E-state index is 13.3. The van der Waals surface area contributed by atoms with Crippen LogP contribution in [-0.2, 0) is 6.54 Å². The van der Waals surface area contributed by atoms with Gasteiger partial charge in [-0.05, 0) is 69.0 Å². The van der Waals surface area contributed by atoms with Crippen molar-refractivity contribution in [2.75, 3.05) is 40.2 Å². The van der Waals surface area contributed by atoms with Gasteiger partial charge in [0.15, 0.2) is 22.9 Å². The number of nitrogens with one attached hydrogen (secondary N) is 1. The SMILES string of the molecule is CCOc1cn(-c2ccc(Cl)c(CN(C)C)c2)nc1C(=O)Nc1ccc(Oc2ccnc3cc(OC)c(OC)cc23)cn1. The molecule has 0 saturated carbocycles. The number of amides is 1. The zero-order chi connectivity index (χ0) is 30.5. The van der Waals surface area contributed by atoms with Gasteiger partial charge in [0, 0.05) is 29.2 Å². The van der Waals surface area contributed by atoms with Crippen LogP contribution in [0.4, 0.5) is 5.82 Å². The van der Waals surface area contributed by atoms with Gasteiger partial charge in [-0.15, -0.1) is 0 Å². The molecule has 0 bridgehead atoms. The Balaban J connectivity index is 1.34. The summed E-state index contributed by atoms with van der Waals surface area (Å²) < 4.78 is 24.2. The van der Waals surface area contributed by atoms with Gasteiger partial charge < -0.3 is 29.2 Å². The molecular formula is C31H31ClN6O5. The number of hydrogen-bond donors (Lipinski definition) is 1. The molecule has 12 heteroatoms. The van der Waals surface area contributed by atoms with Gasteiger partial charge in [0.1, 0.15) is 17.3 Å². The fourth-order valence-corrected chi connectivity index (χ4v) is 4.61. The highest BCUT2D eigenvalue weighted by atomic mass is 35.5. The monoisotopic (exact) mass is 602 g/mol. The topological polar surface area (TPSA) is 113 Å². The fraction of sp³-hybridized carbons (Fsp3) is 0.226. The number of halogens is 1. The Morgan fingerprint density at radius 1 is 0.977 bits per heavy atom. The molecule has 222 valence electrons. The van der Waals surface area contributed by atoms with E-state index in [1.807, 2.05) is 44.1 Å². The van der Waals surface area contributed by atoms with Crippen molar-refractivity contribution in [2.45, 2.75) is 13.5 Å². The highest BCUT2D eigenvalue weighted by Gasteiger charge is 2.20. The lowest BCUT2D eigenvalue weighted by molar-refractivity contribution is 0.101. The van der Waals surface area contributed by atoms with Crippen LogP contribution in [0.2, 0.25) is 5.02 Å². The van der Waals surface area contributed by atoms with Crippen molar-refractivity contribution in [3.05, 3.63) is 83.4 Å². The fourth-order valence-electron chi connectivity index (χ4n) is 4.43. The predicted molar refractivity (Wildman–Crippen MR) is 164 cm³/mol. The Bertz CT molecular complexity index is 1760. The minimum absolute atomic E-state index is 0.126. The smallest absolute Gasteiger partial charge is 0.281 e. The Hall–Kier alpha value is -4.87. The van der Waals surface area contributed by atoms with E-state index >= 15 is 0 Å². The van der Waals surface area contributed by atoms with E-state index in [2.05, 4.69) is 20.4 Å². The number of aromatic nitrogens is 4. The second-order valence-corrected chi connectivity index (χ2v) is 10.1. The standard InChI is InChI=1S/C31H31ClN6O5/c1-6-42-28-18-38(20-7-9-23(32)19(13-20)17-37(2)3)36-30(28)31(39)35-29-10-8-21(16-34-29)43-25-11-12-33-24-15-27(41-5)26(40-4)14-22(24)25/h7-16,18H,6,17H2,1-5H3,(H,34,35,39). The molecule has 5 aromatic rings. The highest BCUT2D eigenvalue weighted by Crippen LogP contribution is 2.37. The van der Waals surface area contributed by atoms with E-state index in [1.165, 1.54) is 6.20 Å². The van der Waals surface area contributed by atoms with E-state index in [4.69, 9.17) is 30.5 Å². The number of nitrogens with zero attached hydrogens (tertiary/aromatic N) is 5. The number of benzene rings is 2. The van der Waals surface area contributed by atoms with Crippen LogP contribution in [0, 0.1) is 0 Å². The molecule has 0 unspecified atom stereocenters. The third-order valence-electron chi connectivity index (χ3n) is 6.39. The van der Waals surface area contributed by atoms with Crippen molar-refractivity contribution in [2.24, 2.45) is 0 Å². The molecule has 0 radical (unpaired) electrons. The molecule has 0 fully saturated rings. The molecule has 3 aromatic heterocycles. The van der Waals surface area contributed by atoms with Gasteiger partial charge in [0.2, 0.25) is 0 Å². The first-order chi connectivity index (χ1) is 20.8. The summed E-state index contributed by atoms with van der Waals surface area (Å²) in [5.41, 5.74) is 2.50. The van der Waals surface area contributed by atoms with Crippen LogP contribution >= 0.6 is 11.6 Å². The van der Waals surface area contributed by atoms with Gasteiger partial charge in [0.05, 0.1) is 44.4 Å². The Morgan fingerprint density at radius 3 is 2.47 bits per heavy atom. The van der Waals surface area contributed by atoms with Crippen molar-refractivity contribution in [1.29, 1.82) is 0 Å². The van der Waals surface area contributed by atoms with Crippen LogP contribution in [0.15, 0.2) is 67.1 Å². The molecule has 43 heavy (non-hydrogen) atoms. The highest BCUT2D eigenvalue weighted by molar-refractivity contribution is 6.31. The minimum atomic E-state index is -0.466. The molecule has 1 N–H and O–H groups in total. The average molecular weight is 603 g/mol. The zero-order valence-corrected chi connectivity index (χ0v) is 25.2. The summed E-state index contributed by atoms with van der Waals surface area (Å²) in [5, 5.41) is 8.70. The second-order valence-electron chi connectivity index (χ2n) is 9.70. The third kappa shape index (κ3) is 6.63. The first kappa shape index (κ1) is 29.6. The number of carbonyl (C=O) groups is 1. The summed E-state index contributed by atoms with van der Waals surface area (Å²) in [6.45, 7) is 2.87. The number of ether oxygens (including phenoxy) is 4. The van der Waals surface area contributed by atoms with E-state index in [1.54, 1.807) is 61.6 Å². The number of anilines is 1. The second kappa shape index (κ2) is 13.0. The van der Waals surface area contributed by atoms with E-state index in [-0.39, 0.29) is 5.69 Å². The number of fused-ring (bicyclic) bond motifs is 1. The lowest BCUT2D eigenvalue weighted by Gasteiger charge is -2.12. The van der Waals surface area contributed by atoms with Crippen LogP contribution in [0.25, 0.3) is 16.6 Å². The predicted octanol–water partition coefficient (Wildman–Crippen LogP) is 5.99. The number of carbonyl (C=O) groups excluding carboxylic acids is 1. The zero-order valence-electron chi connectivity index (χ0n) is 24.4. The number of rotatable bonds is 11. The van der Waals surface area contributed by atoms with E-state index < -0.39 is 5.91 Å². The Labute approximate surface area is 253 Å². The summed E-state index contributed by atoms with van der Waals surface area (Å²) in [4.78, 5) is 24.0. The van der Waals surface area contributed by atoms with E-state index in [0.29, 0.717) is 58.3 Å². The van der Waals surface area contributed by atoms with Crippen LogP contribution in [-0.4, -0.2) is 65.5 Å². The molecule has 0 aliphatic rings. The molecule has 0 aliphatic carbocycles. The van der Waals surface area contributed by atoms with Crippen LogP contribution in [0.1, 0.15) is 23.0 Å².